The molecule has 0 atom stereocenters. The SMILES string of the molecule is Clc1ccc(Cn2cc(Cn3cc(C(c4ccccc4)c4cn(Cc5cn(Cc6ccc(Cl)cc6)nn5)c5ccccc45)c4ccccc43)nn2)cc1. The molecule has 0 radical (unpaired) electrons. The zero-order valence-electron chi connectivity index (χ0n) is 28.7. The molecule has 0 saturated heterocycles. The molecule has 0 amide bonds. The second-order valence-corrected chi connectivity index (χ2v) is 14.2. The monoisotopic (exact) mass is 732 g/mol. The minimum atomic E-state index is -0.0327. The lowest BCUT2D eigenvalue weighted by Gasteiger charge is -2.17. The van der Waals surface area contributed by atoms with Crippen LogP contribution in [0.4, 0.5) is 0 Å². The summed E-state index contributed by atoms with van der Waals surface area (Å²) in [6.07, 6.45) is 8.65. The molecular weight excluding hydrogens is 699 g/mol. The Bertz CT molecular complexity index is 2490. The summed E-state index contributed by atoms with van der Waals surface area (Å²) in [4.78, 5) is 0. The third-order valence-electron chi connectivity index (χ3n) is 9.75. The van der Waals surface area contributed by atoms with E-state index in [0.717, 1.165) is 43.6 Å². The molecular formula is C43H34Cl2N8. The summed E-state index contributed by atoms with van der Waals surface area (Å²) in [5.74, 6) is -0.0327. The molecule has 260 valence electrons. The molecule has 0 unspecified atom stereocenters. The molecule has 0 saturated carbocycles. The summed E-state index contributed by atoms with van der Waals surface area (Å²) in [5, 5.41) is 21.9. The predicted molar refractivity (Wildman–Crippen MR) is 211 cm³/mol. The fourth-order valence-electron chi connectivity index (χ4n) is 7.32. The highest BCUT2D eigenvalue weighted by molar-refractivity contribution is 6.30. The summed E-state index contributed by atoms with van der Waals surface area (Å²) in [7, 11) is 0. The second-order valence-electron chi connectivity index (χ2n) is 13.4. The summed E-state index contributed by atoms with van der Waals surface area (Å²) in [6, 6.07) is 43.7. The lowest BCUT2D eigenvalue weighted by molar-refractivity contribution is 0.649. The normalized spacial score (nSPS) is 11.7. The topological polar surface area (TPSA) is 71.3 Å². The van der Waals surface area contributed by atoms with E-state index in [1.54, 1.807) is 0 Å². The quantitative estimate of drug-likeness (QED) is 0.133. The Kier molecular flexibility index (Phi) is 8.83. The fraction of sp³-hybridized carbons (Fsp3) is 0.116. The van der Waals surface area contributed by atoms with E-state index in [-0.39, 0.29) is 5.92 Å². The molecule has 0 aliphatic rings. The molecule has 0 spiro atoms. The van der Waals surface area contributed by atoms with Crippen molar-refractivity contribution in [2.45, 2.75) is 32.1 Å². The number of fused-ring (bicyclic) bond motifs is 2. The number of hydrogen-bond donors (Lipinski definition) is 0. The second kappa shape index (κ2) is 14.2. The van der Waals surface area contributed by atoms with Crippen LogP contribution >= 0.6 is 23.2 Å². The van der Waals surface area contributed by atoms with E-state index < -0.39 is 0 Å². The standard InChI is InChI=1S/C43H34Cl2N8/c44-33-18-14-30(15-19-33)22-52-26-35(46-48-52)24-50-28-39(37-10-4-6-12-41(37)50)43(32-8-2-1-3-9-32)40-29-51(42-13-7-5-11-38(40)42)25-36-27-53(49-47-36)23-31-16-20-34(45)21-17-31/h1-21,26-29,43H,22-25H2. The number of hydrogen-bond acceptors (Lipinski definition) is 4. The van der Waals surface area contributed by atoms with Crippen LogP contribution in [0.2, 0.25) is 10.0 Å². The summed E-state index contributed by atoms with van der Waals surface area (Å²) in [5.41, 5.74) is 10.0. The van der Waals surface area contributed by atoms with Crippen LogP contribution in [0.25, 0.3) is 21.8 Å². The van der Waals surface area contributed by atoms with Gasteiger partial charge in [-0.15, -0.1) is 10.2 Å². The number of para-hydroxylation sites is 2. The van der Waals surface area contributed by atoms with E-state index in [0.29, 0.717) is 26.2 Å². The number of nitrogens with zero attached hydrogens (tertiary/aromatic N) is 8. The molecule has 0 bridgehead atoms. The van der Waals surface area contributed by atoms with E-state index in [4.69, 9.17) is 23.2 Å². The molecule has 4 heterocycles. The zero-order valence-corrected chi connectivity index (χ0v) is 30.2. The van der Waals surface area contributed by atoms with Crippen LogP contribution in [0.5, 0.6) is 0 Å². The number of aromatic nitrogens is 8. The van der Waals surface area contributed by atoms with Crippen LogP contribution < -0.4 is 0 Å². The molecule has 5 aromatic carbocycles. The maximum Gasteiger partial charge on any atom is 0.102 e. The molecule has 53 heavy (non-hydrogen) atoms. The predicted octanol–water partition coefficient (Wildman–Crippen LogP) is 9.46. The van der Waals surface area contributed by atoms with Gasteiger partial charge in [0.1, 0.15) is 11.4 Å². The number of benzene rings is 5. The van der Waals surface area contributed by atoms with Gasteiger partial charge >= 0.3 is 0 Å². The fourth-order valence-corrected chi connectivity index (χ4v) is 7.58. The molecule has 0 fully saturated rings. The van der Waals surface area contributed by atoms with E-state index in [1.807, 2.05) is 70.3 Å². The first-order chi connectivity index (χ1) is 26.0. The van der Waals surface area contributed by atoms with Gasteiger partial charge in [0.15, 0.2) is 0 Å². The maximum atomic E-state index is 6.10. The Labute approximate surface area is 316 Å². The Hall–Kier alpha value is -5.96. The van der Waals surface area contributed by atoms with E-state index in [1.165, 1.54) is 27.5 Å². The van der Waals surface area contributed by atoms with Crippen molar-refractivity contribution in [3.8, 4) is 0 Å². The van der Waals surface area contributed by atoms with Crippen molar-refractivity contribution in [3.05, 3.63) is 201 Å². The highest BCUT2D eigenvalue weighted by Gasteiger charge is 2.26. The van der Waals surface area contributed by atoms with Gasteiger partial charge in [-0.25, -0.2) is 9.36 Å². The average molecular weight is 734 g/mol. The van der Waals surface area contributed by atoms with Crippen LogP contribution in [0.15, 0.2) is 152 Å². The Morgan fingerprint density at radius 2 is 0.887 bits per heavy atom. The van der Waals surface area contributed by atoms with Crippen LogP contribution in [-0.4, -0.2) is 39.1 Å². The summed E-state index contributed by atoms with van der Waals surface area (Å²) >= 11 is 12.2. The van der Waals surface area contributed by atoms with Crippen LogP contribution in [-0.2, 0) is 26.2 Å². The number of rotatable bonds is 11. The Balaban J connectivity index is 1.08. The van der Waals surface area contributed by atoms with E-state index in [2.05, 4.69) is 121 Å². The highest BCUT2D eigenvalue weighted by atomic mass is 35.5. The van der Waals surface area contributed by atoms with Gasteiger partial charge in [-0.2, -0.15) is 0 Å². The van der Waals surface area contributed by atoms with Crippen molar-refractivity contribution in [2.75, 3.05) is 0 Å². The number of halogens is 2. The zero-order chi connectivity index (χ0) is 35.7. The van der Waals surface area contributed by atoms with Crippen molar-refractivity contribution in [1.82, 2.24) is 39.1 Å². The van der Waals surface area contributed by atoms with Crippen LogP contribution in [0.1, 0.15) is 45.1 Å². The van der Waals surface area contributed by atoms with Crippen LogP contribution in [0.3, 0.4) is 0 Å². The van der Waals surface area contributed by atoms with Crippen molar-refractivity contribution in [2.24, 2.45) is 0 Å². The molecule has 0 aliphatic heterocycles. The molecule has 9 rings (SSSR count). The van der Waals surface area contributed by atoms with Gasteiger partial charge in [0.25, 0.3) is 0 Å². The van der Waals surface area contributed by atoms with Crippen molar-refractivity contribution >= 4 is 45.0 Å². The Morgan fingerprint density at radius 1 is 0.453 bits per heavy atom. The maximum absolute atomic E-state index is 6.10. The van der Waals surface area contributed by atoms with Gasteiger partial charge in [-0.1, -0.05) is 125 Å². The third kappa shape index (κ3) is 6.87. The Morgan fingerprint density at radius 3 is 1.36 bits per heavy atom. The first kappa shape index (κ1) is 32.9. The van der Waals surface area contributed by atoms with Gasteiger partial charge in [0, 0.05) is 50.2 Å². The smallest absolute Gasteiger partial charge is 0.102 e. The van der Waals surface area contributed by atoms with Crippen molar-refractivity contribution in [1.29, 1.82) is 0 Å². The molecule has 0 aliphatic carbocycles. The average Bonchev–Trinajstić information content (AvgIpc) is 3.99. The van der Waals surface area contributed by atoms with Crippen molar-refractivity contribution < 1.29 is 0 Å². The first-order valence-electron chi connectivity index (χ1n) is 17.5. The first-order valence-corrected chi connectivity index (χ1v) is 18.3. The molecule has 9 aromatic rings. The molecule has 4 aromatic heterocycles. The van der Waals surface area contributed by atoms with Gasteiger partial charge in [0.2, 0.25) is 0 Å². The minimum Gasteiger partial charge on any atom is -0.341 e. The van der Waals surface area contributed by atoms with E-state index in [9.17, 15) is 0 Å². The van der Waals surface area contributed by atoms with Crippen molar-refractivity contribution in [3.63, 3.8) is 0 Å². The lowest BCUT2D eigenvalue weighted by Crippen LogP contribution is -2.04. The minimum absolute atomic E-state index is 0.0327. The lowest BCUT2D eigenvalue weighted by atomic mass is 9.85. The van der Waals surface area contributed by atoms with Gasteiger partial charge < -0.3 is 9.13 Å². The summed E-state index contributed by atoms with van der Waals surface area (Å²) < 4.78 is 8.36. The van der Waals surface area contributed by atoms with E-state index >= 15 is 0 Å². The largest absolute Gasteiger partial charge is 0.341 e. The molecule has 0 N–H and O–H groups in total. The van der Waals surface area contributed by atoms with Gasteiger partial charge in [0.05, 0.1) is 38.6 Å². The van der Waals surface area contributed by atoms with Gasteiger partial charge in [-0.05, 0) is 64.2 Å². The summed E-state index contributed by atoms with van der Waals surface area (Å²) in [6.45, 7) is 2.44. The van der Waals surface area contributed by atoms with Crippen LogP contribution in [0, 0.1) is 0 Å². The molecule has 8 nitrogen and oxygen atoms in total. The highest BCUT2D eigenvalue weighted by Crippen LogP contribution is 2.41. The van der Waals surface area contributed by atoms with Gasteiger partial charge in [-0.3, -0.25) is 0 Å². The molecule has 10 heteroatoms. The third-order valence-corrected chi connectivity index (χ3v) is 10.3.